The van der Waals surface area contributed by atoms with E-state index in [0.29, 0.717) is 20.6 Å². The fourth-order valence-electron chi connectivity index (χ4n) is 1.52. The van der Waals surface area contributed by atoms with Gasteiger partial charge in [-0.15, -0.1) is 11.8 Å². The molecule has 21 heavy (non-hydrogen) atoms. The van der Waals surface area contributed by atoms with Crippen molar-refractivity contribution in [2.75, 3.05) is 16.8 Å². The van der Waals surface area contributed by atoms with Gasteiger partial charge < -0.3 is 11.1 Å². The zero-order valence-corrected chi connectivity index (χ0v) is 13.0. The predicted molar refractivity (Wildman–Crippen MR) is 86.6 cm³/mol. The Bertz CT molecular complexity index is 682. The molecule has 0 saturated heterocycles. The first kappa shape index (κ1) is 15.9. The van der Waals surface area contributed by atoms with Crippen molar-refractivity contribution in [2.45, 2.75) is 4.90 Å². The number of benzene rings is 2. The van der Waals surface area contributed by atoms with Gasteiger partial charge in [0.1, 0.15) is 5.82 Å². The van der Waals surface area contributed by atoms with Gasteiger partial charge in [-0.2, -0.15) is 0 Å². The zero-order chi connectivity index (χ0) is 15.4. The summed E-state index contributed by atoms with van der Waals surface area (Å²) < 4.78 is 13.3. The maximum atomic E-state index is 13.3. The first-order valence-corrected chi connectivity index (χ1v) is 7.62. The Kier molecular flexibility index (Phi) is 5.33. The van der Waals surface area contributed by atoms with Crippen LogP contribution in [0.25, 0.3) is 0 Å². The van der Waals surface area contributed by atoms with Crippen molar-refractivity contribution in [3.63, 3.8) is 0 Å². The molecular formula is C14H11Cl2FN2OS. The van der Waals surface area contributed by atoms with Crippen molar-refractivity contribution < 1.29 is 9.18 Å². The second-order valence-electron chi connectivity index (χ2n) is 4.15. The molecule has 0 aliphatic rings. The molecule has 0 aliphatic heterocycles. The number of anilines is 2. The maximum absolute atomic E-state index is 13.3. The van der Waals surface area contributed by atoms with E-state index in [2.05, 4.69) is 5.32 Å². The number of carbonyl (C=O) groups is 1. The van der Waals surface area contributed by atoms with E-state index in [4.69, 9.17) is 28.9 Å². The number of hydrogen-bond donors (Lipinski definition) is 2. The smallest absolute Gasteiger partial charge is 0.234 e. The van der Waals surface area contributed by atoms with Crippen LogP contribution < -0.4 is 11.1 Å². The van der Waals surface area contributed by atoms with Gasteiger partial charge in [-0.25, -0.2) is 4.39 Å². The molecule has 0 unspecified atom stereocenters. The molecule has 3 nitrogen and oxygen atoms in total. The average molecular weight is 345 g/mol. The van der Waals surface area contributed by atoms with Crippen LogP contribution >= 0.6 is 35.0 Å². The summed E-state index contributed by atoms with van der Waals surface area (Å²) in [7, 11) is 0. The van der Waals surface area contributed by atoms with Crippen LogP contribution in [-0.2, 0) is 4.79 Å². The number of thioether (sulfide) groups is 1. The lowest BCUT2D eigenvalue weighted by molar-refractivity contribution is -0.113. The molecule has 0 fully saturated rings. The van der Waals surface area contributed by atoms with Gasteiger partial charge in [0.25, 0.3) is 0 Å². The van der Waals surface area contributed by atoms with E-state index in [-0.39, 0.29) is 17.3 Å². The number of halogens is 3. The third kappa shape index (κ3) is 4.52. The Labute approximate surface area is 135 Å². The van der Waals surface area contributed by atoms with Gasteiger partial charge in [-0.1, -0.05) is 23.2 Å². The normalized spacial score (nSPS) is 10.4. The number of hydrogen-bond acceptors (Lipinski definition) is 3. The van der Waals surface area contributed by atoms with Crippen molar-refractivity contribution in [3.8, 4) is 0 Å². The summed E-state index contributed by atoms with van der Waals surface area (Å²) in [5.74, 6) is -0.579. The van der Waals surface area contributed by atoms with E-state index >= 15 is 0 Å². The van der Waals surface area contributed by atoms with Crippen LogP contribution in [-0.4, -0.2) is 11.7 Å². The van der Waals surface area contributed by atoms with Crippen LogP contribution in [0.15, 0.2) is 41.3 Å². The molecule has 0 atom stereocenters. The molecule has 3 N–H and O–H groups in total. The Morgan fingerprint density at radius 3 is 2.62 bits per heavy atom. The second-order valence-corrected chi connectivity index (χ2v) is 6.01. The standard InChI is InChI=1S/C14H11Cl2FN2OS/c15-10-3-1-8(5-11(10)16)19-14(20)7-21-9-2-4-13(18)12(17)6-9/h1-6H,7,18H2,(H,19,20). The van der Waals surface area contributed by atoms with Gasteiger partial charge in [0.2, 0.25) is 5.91 Å². The number of nitrogens with two attached hydrogens (primary N) is 1. The molecule has 0 radical (unpaired) electrons. The van der Waals surface area contributed by atoms with Crippen molar-refractivity contribution in [3.05, 3.63) is 52.3 Å². The van der Waals surface area contributed by atoms with E-state index in [9.17, 15) is 9.18 Å². The van der Waals surface area contributed by atoms with E-state index in [0.717, 1.165) is 0 Å². The van der Waals surface area contributed by atoms with Gasteiger partial charge in [0.05, 0.1) is 21.5 Å². The van der Waals surface area contributed by atoms with Gasteiger partial charge in [-0.05, 0) is 36.4 Å². The second kappa shape index (κ2) is 7.02. The van der Waals surface area contributed by atoms with Gasteiger partial charge in [-0.3, -0.25) is 4.79 Å². The molecule has 0 aromatic heterocycles. The van der Waals surface area contributed by atoms with Crippen LogP contribution in [0.2, 0.25) is 10.0 Å². The van der Waals surface area contributed by atoms with E-state index in [1.165, 1.54) is 23.9 Å². The molecule has 2 aromatic carbocycles. The van der Waals surface area contributed by atoms with E-state index < -0.39 is 5.82 Å². The van der Waals surface area contributed by atoms with Crippen molar-refractivity contribution in [1.82, 2.24) is 0 Å². The highest BCUT2D eigenvalue weighted by Crippen LogP contribution is 2.26. The maximum Gasteiger partial charge on any atom is 0.234 e. The molecule has 0 spiro atoms. The number of nitrogen functional groups attached to an aromatic ring is 1. The van der Waals surface area contributed by atoms with Gasteiger partial charge >= 0.3 is 0 Å². The van der Waals surface area contributed by atoms with Crippen molar-refractivity contribution in [1.29, 1.82) is 0 Å². The number of nitrogens with one attached hydrogen (secondary N) is 1. The Morgan fingerprint density at radius 1 is 1.19 bits per heavy atom. The molecule has 2 rings (SSSR count). The lowest BCUT2D eigenvalue weighted by Gasteiger charge is -2.07. The number of amides is 1. The Morgan fingerprint density at radius 2 is 1.95 bits per heavy atom. The summed E-state index contributed by atoms with van der Waals surface area (Å²) in [6, 6.07) is 9.24. The molecule has 7 heteroatoms. The molecule has 2 aromatic rings. The third-order valence-electron chi connectivity index (χ3n) is 2.55. The molecule has 0 aliphatic carbocycles. The Hall–Kier alpha value is -1.43. The minimum Gasteiger partial charge on any atom is -0.396 e. The SMILES string of the molecule is Nc1ccc(SCC(=O)Nc2ccc(Cl)c(Cl)c2)cc1F. The van der Waals surface area contributed by atoms with E-state index in [1.807, 2.05) is 0 Å². The first-order chi connectivity index (χ1) is 9.95. The summed E-state index contributed by atoms with van der Waals surface area (Å²) >= 11 is 12.9. The highest BCUT2D eigenvalue weighted by Gasteiger charge is 2.07. The minimum absolute atomic E-state index is 0.0830. The monoisotopic (exact) mass is 344 g/mol. The average Bonchev–Trinajstić information content (AvgIpc) is 2.44. The predicted octanol–water partition coefficient (Wildman–Crippen LogP) is 4.45. The minimum atomic E-state index is -0.495. The van der Waals surface area contributed by atoms with E-state index in [1.54, 1.807) is 24.3 Å². The summed E-state index contributed by atoms with van der Waals surface area (Å²) in [4.78, 5) is 12.4. The van der Waals surface area contributed by atoms with Crippen LogP contribution in [0.5, 0.6) is 0 Å². The van der Waals surface area contributed by atoms with Crippen molar-refractivity contribution >= 4 is 52.2 Å². The fourth-order valence-corrected chi connectivity index (χ4v) is 2.54. The highest BCUT2D eigenvalue weighted by molar-refractivity contribution is 8.00. The number of carbonyl (C=O) groups excluding carboxylic acids is 1. The van der Waals surface area contributed by atoms with Gasteiger partial charge in [0.15, 0.2) is 0 Å². The third-order valence-corrected chi connectivity index (χ3v) is 4.28. The molecule has 0 heterocycles. The van der Waals surface area contributed by atoms with Gasteiger partial charge in [0, 0.05) is 10.6 Å². The molecule has 110 valence electrons. The summed E-state index contributed by atoms with van der Waals surface area (Å²) in [6.07, 6.45) is 0. The summed E-state index contributed by atoms with van der Waals surface area (Å²) in [5, 5.41) is 3.47. The molecule has 1 amide bonds. The molecular weight excluding hydrogens is 334 g/mol. The molecule has 0 saturated carbocycles. The zero-order valence-electron chi connectivity index (χ0n) is 10.7. The van der Waals surface area contributed by atoms with Crippen LogP contribution in [0, 0.1) is 5.82 Å². The quantitative estimate of drug-likeness (QED) is 0.636. The highest BCUT2D eigenvalue weighted by atomic mass is 35.5. The first-order valence-electron chi connectivity index (χ1n) is 5.88. The van der Waals surface area contributed by atoms with Crippen molar-refractivity contribution in [2.24, 2.45) is 0 Å². The van der Waals surface area contributed by atoms with Crippen LogP contribution in [0.4, 0.5) is 15.8 Å². The lowest BCUT2D eigenvalue weighted by Crippen LogP contribution is -2.13. The fraction of sp³-hybridized carbons (Fsp3) is 0.0714. The molecule has 0 bridgehead atoms. The van der Waals surface area contributed by atoms with Crippen LogP contribution in [0.3, 0.4) is 0 Å². The topological polar surface area (TPSA) is 55.1 Å². The Balaban J connectivity index is 1.92. The largest absolute Gasteiger partial charge is 0.396 e. The summed E-state index contributed by atoms with van der Waals surface area (Å²) in [5.41, 5.74) is 6.02. The lowest BCUT2D eigenvalue weighted by atomic mass is 10.3. The number of rotatable bonds is 4. The summed E-state index contributed by atoms with van der Waals surface area (Å²) in [6.45, 7) is 0. The van der Waals surface area contributed by atoms with Crippen LogP contribution in [0.1, 0.15) is 0 Å².